The van der Waals surface area contributed by atoms with E-state index >= 15 is 0 Å². The Balaban J connectivity index is 2.45. The summed E-state index contributed by atoms with van der Waals surface area (Å²) >= 11 is 0. The molecule has 0 fully saturated rings. The van der Waals surface area contributed by atoms with Gasteiger partial charge in [0, 0.05) is 11.1 Å². The molecule has 1 aromatic carbocycles. The molecule has 0 spiro atoms. The van der Waals surface area contributed by atoms with Crippen LogP contribution in [-0.2, 0) is 11.0 Å². The highest BCUT2D eigenvalue weighted by Gasteiger charge is 1.97. The van der Waals surface area contributed by atoms with Crippen LogP contribution in [0.4, 0.5) is 5.69 Å². The zero-order valence-electron chi connectivity index (χ0n) is 11.3. The first-order chi connectivity index (χ1) is 8.58. The summed E-state index contributed by atoms with van der Waals surface area (Å²) in [5, 5.41) is 1.78. The molecule has 0 saturated carbocycles. The Bertz CT molecular complexity index is 445. The van der Waals surface area contributed by atoms with Crippen LogP contribution < -0.4 is 4.72 Å². The maximum Gasteiger partial charge on any atom is 0.142 e. The minimum Gasteiger partial charge on any atom is -0.302 e. The Morgan fingerprint density at radius 1 is 1.22 bits per heavy atom. The van der Waals surface area contributed by atoms with Crippen molar-refractivity contribution in [1.82, 2.24) is 0 Å². The highest BCUT2D eigenvalue weighted by Crippen LogP contribution is 2.10. The zero-order valence-corrected chi connectivity index (χ0v) is 12.1. The summed E-state index contributed by atoms with van der Waals surface area (Å²) in [4.78, 5) is 0. The van der Waals surface area contributed by atoms with Crippen LogP contribution in [0, 0.1) is 0 Å². The van der Waals surface area contributed by atoms with Crippen LogP contribution >= 0.6 is 0 Å². The van der Waals surface area contributed by atoms with Crippen LogP contribution in [0.3, 0.4) is 0 Å². The van der Waals surface area contributed by atoms with E-state index in [1.807, 2.05) is 37.3 Å². The van der Waals surface area contributed by atoms with Gasteiger partial charge in [-0.15, -0.1) is 0 Å². The Labute approximate surface area is 112 Å². The summed E-state index contributed by atoms with van der Waals surface area (Å²) in [5.74, 6) is 0. The number of para-hydroxylation sites is 1. The largest absolute Gasteiger partial charge is 0.302 e. The number of nitrogens with one attached hydrogen (secondary N) is 1. The van der Waals surface area contributed by atoms with Crippen LogP contribution in [0.1, 0.15) is 33.6 Å². The van der Waals surface area contributed by atoms with E-state index in [1.54, 1.807) is 5.41 Å². The first kappa shape index (κ1) is 14.7. The van der Waals surface area contributed by atoms with Gasteiger partial charge in [0.1, 0.15) is 11.0 Å². The fourth-order valence-electron chi connectivity index (χ4n) is 1.48. The molecule has 1 unspecified atom stereocenters. The standard InChI is InChI=1S/C15H21NOS/c1-13(2)8-7-9-14(3)12-18(17)16-15-10-5-4-6-11-15/h4-6,8,10-12,16H,7,9H2,1-3H3/b14-12+. The van der Waals surface area contributed by atoms with Crippen LogP contribution in [-0.4, -0.2) is 4.21 Å². The topological polar surface area (TPSA) is 29.1 Å². The summed E-state index contributed by atoms with van der Waals surface area (Å²) in [7, 11) is -1.15. The molecule has 18 heavy (non-hydrogen) atoms. The van der Waals surface area contributed by atoms with Gasteiger partial charge in [0.2, 0.25) is 0 Å². The SMILES string of the molecule is CC(C)=CCC/C(C)=C/S(=O)Nc1ccccc1. The smallest absolute Gasteiger partial charge is 0.142 e. The van der Waals surface area contributed by atoms with Gasteiger partial charge in [-0.05, 0) is 45.7 Å². The van der Waals surface area contributed by atoms with E-state index in [-0.39, 0.29) is 0 Å². The zero-order chi connectivity index (χ0) is 13.4. The van der Waals surface area contributed by atoms with Crippen molar-refractivity contribution < 1.29 is 4.21 Å². The van der Waals surface area contributed by atoms with Gasteiger partial charge in [-0.25, -0.2) is 4.21 Å². The summed E-state index contributed by atoms with van der Waals surface area (Å²) in [6.07, 6.45) is 4.16. The van der Waals surface area contributed by atoms with Crippen LogP contribution in [0.15, 0.2) is 53.0 Å². The molecule has 0 heterocycles. The van der Waals surface area contributed by atoms with Crippen molar-refractivity contribution in [1.29, 1.82) is 0 Å². The number of hydrogen-bond acceptors (Lipinski definition) is 1. The van der Waals surface area contributed by atoms with E-state index in [0.717, 1.165) is 24.1 Å². The molecular weight excluding hydrogens is 242 g/mol. The van der Waals surface area contributed by atoms with E-state index < -0.39 is 11.0 Å². The second-order valence-corrected chi connectivity index (χ2v) is 5.58. The van der Waals surface area contributed by atoms with Crippen molar-refractivity contribution in [3.63, 3.8) is 0 Å². The first-order valence-electron chi connectivity index (χ1n) is 6.11. The van der Waals surface area contributed by atoms with E-state index in [9.17, 15) is 4.21 Å². The summed E-state index contributed by atoms with van der Waals surface area (Å²) in [6, 6.07) is 9.60. The minimum absolute atomic E-state index is 0.879. The predicted molar refractivity (Wildman–Crippen MR) is 80.6 cm³/mol. The molecule has 0 saturated heterocycles. The Hall–Kier alpha value is -1.35. The summed E-state index contributed by atoms with van der Waals surface area (Å²) < 4.78 is 14.8. The van der Waals surface area contributed by atoms with Crippen LogP contribution in [0.25, 0.3) is 0 Å². The van der Waals surface area contributed by atoms with E-state index in [4.69, 9.17) is 0 Å². The first-order valence-corrected chi connectivity index (χ1v) is 7.32. The fourth-order valence-corrected chi connectivity index (χ4v) is 2.39. The molecule has 2 nitrogen and oxygen atoms in total. The lowest BCUT2D eigenvalue weighted by atomic mass is 10.1. The van der Waals surface area contributed by atoms with Crippen molar-refractivity contribution in [2.75, 3.05) is 4.72 Å². The van der Waals surface area contributed by atoms with Gasteiger partial charge in [-0.1, -0.05) is 35.4 Å². The molecule has 0 radical (unpaired) electrons. The highest BCUT2D eigenvalue weighted by molar-refractivity contribution is 7.89. The maximum absolute atomic E-state index is 11.8. The monoisotopic (exact) mass is 263 g/mol. The molecule has 98 valence electrons. The molecule has 0 aromatic heterocycles. The van der Waals surface area contributed by atoms with Crippen molar-refractivity contribution in [3.8, 4) is 0 Å². The van der Waals surface area contributed by atoms with Gasteiger partial charge >= 0.3 is 0 Å². The van der Waals surface area contributed by atoms with Crippen molar-refractivity contribution in [3.05, 3.63) is 53.0 Å². The van der Waals surface area contributed by atoms with Crippen LogP contribution in [0.2, 0.25) is 0 Å². The number of benzene rings is 1. The van der Waals surface area contributed by atoms with Crippen molar-refractivity contribution in [2.24, 2.45) is 0 Å². The maximum atomic E-state index is 11.8. The molecular formula is C15H21NOS. The average molecular weight is 263 g/mol. The average Bonchev–Trinajstić information content (AvgIpc) is 2.29. The lowest BCUT2D eigenvalue weighted by molar-refractivity contribution is 0.691. The van der Waals surface area contributed by atoms with E-state index in [1.165, 1.54) is 5.57 Å². The number of hydrogen-bond donors (Lipinski definition) is 1. The Morgan fingerprint density at radius 3 is 2.50 bits per heavy atom. The molecule has 3 heteroatoms. The quantitative estimate of drug-likeness (QED) is 0.757. The van der Waals surface area contributed by atoms with Crippen molar-refractivity contribution >= 4 is 16.7 Å². The molecule has 1 N–H and O–H groups in total. The molecule has 1 atom stereocenters. The predicted octanol–water partition coefficient (Wildman–Crippen LogP) is 4.41. The Kier molecular flexibility index (Phi) is 6.44. The molecule has 0 bridgehead atoms. The third-order valence-corrected chi connectivity index (χ3v) is 3.45. The summed E-state index contributed by atoms with van der Waals surface area (Å²) in [5.41, 5.74) is 3.35. The van der Waals surface area contributed by atoms with Gasteiger partial charge < -0.3 is 4.72 Å². The second-order valence-electron chi connectivity index (χ2n) is 4.55. The highest BCUT2D eigenvalue weighted by atomic mass is 32.2. The van der Waals surface area contributed by atoms with Crippen molar-refractivity contribution in [2.45, 2.75) is 33.6 Å². The van der Waals surface area contributed by atoms with E-state index in [0.29, 0.717) is 0 Å². The lowest BCUT2D eigenvalue weighted by Gasteiger charge is -2.03. The van der Waals surface area contributed by atoms with Gasteiger partial charge in [-0.3, -0.25) is 0 Å². The molecule has 1 rings (SSSR count). The normalized spacial score (nSPS) is 12.9. The fraction of sp³-hybridized carbons (Fsp3) is 0.333. The van der Waals surface area contributed by atoms with Gasteiger partial charge in [-0.2, -0.15) is 0 Å². The lowest BCUT2D eigenvalue weighted by Crippen LogP contribution is -2.01. The number of anilines is 1. The van der Waals surface area contributed by atoms with Gasteiger partial charge in [0.05, 0.1) is 0 Å². The number of allylic oxidation sites excluding steroid dienone is 3. The van der Waals surface area contributed by atoms with Gasteiger partial charge in [0.15, 0.2) is 0 Å². The Morgan fingerprint density at radius 2 is 1.89 bits per heavy atom. The summed E-state index contributed by atoms with van der Waals surface area (Å²) in [6.45, 7) is 6.20. The third kappa shape index (κ3) is 6.40. The molecule has 1 aromatic rings. The molecule has 0 amide bonds. The molecule has 0 aliphatic rings. The third-order valence-electron chi connectivity index (χ3n) is 2.39. The van der Waals surface area contributed by atoms with Crippen LogP contribution in [0.5, 0.6) is 0 Å². The number of rotatable bonds is 6. The van der Waals surface area contributed by atoms with E-state index in [2.05, 4.69) is 24.6 Å². The second kappa shape index (κ2) is 7.88. The van der Waals surface area contributed by atoms with Gasteiger partial charge in [0.25, 0.3) is 0 Å². The molecule has 0 aliphatic carbocycles. The molecule has 0 aliphatic heterocycles. The minimum atomic E-state index is -1.15.